The number of carbonyl (C=O) groups excluding carboxylic acids is 2. The molecule has 0 radical (unpaired) electrons. The van der Waals surface area contributed by atoms with E-state index in [0.717, 1.165) is 0 Å². The summed E-state index contributed by atoms with van der Waals surface area (Å²) in [6, 6.07) is 0. The van der Waals surface area contributed by atoms with Crippen LogP contribution < -0.4 is 0 Å². The summed E-state index contributed by atoms with van der Waals surface area (Å²) in [6.45, 7) is 3.22. The van der Waals surface area contributed by atoms with Crippen molar-refractivity contribution in [2.75, 3.05) is 25.6 Å². The Labute approximate surface area is 124 Å². The Balaban J connectivity index is 4.41. The zero-order valence-electron chi connectivity index (χ0n) is 11.3. The Morgan fingerprint density at radius 1 is 1.32 bits per heavy atom. The second-order valence-electron chi connectivity index (χ2n) is 4.43. The van der Waals surface area contributed by atoms with E-state index in [1.807, 2.05) is 6.92 Å². The van der Waals surface area contributed by atoms with E-state index in [1.165, 1.54) is 0 Å². The number of hydrogen-bond donors (Lipinski definition) is 3. The third-order valence-electron chi connectivity index (χ3n) is 2.80. The van der Waals surface area contributed by atoms with Crippen LogP contribution in [0.5, 0.6) is 0 Å². The van der Waals surface area contributed by atoms with Crippen LogP contribution in [0.4, 0.5) is 0 Å². The van der Waals surface area contributed by atoms with Gasteiger partial charge in [-0.1, -0.05) is 6.92 Å². The van der Waals surface area contributed by atoms with E-state index in [0.29, 0.717) is 12.2 Å². The molecule has 0 bridgehead atoms. The number of aliphatic hydroxyl groups is 1. The van der Waals surface area contributed by atoms with E-state index in [-0.39, 0.29) is 32.2 Å². The molecule has 0 saturated heterocycles. The molecule has 1 N–H and O–H groups in total. The maximum atomic E-state index is 11.4. The summed E-state index contributed by atoms with van der Waals surface area (Å²) < 4.78 is 10.1. The van der Waals surface area contributed by atoms with Crippen LogP contribution in [0.15, 0.2) is 0 Å². The van der Waals surface area contributed by atoms with Crippen LogP contribution in [0, 0.1) is 5.41 Å². The first-order chi connectivity index (χ1) is 8.90. The first-order valence-corrected chi connectivity index (χ1v) is 7.27. The van der Waals surface area contributed by atoms with Gasteiger partial charge < -0.3 is 14.6 Å². The SMILES string of the molecule is CCC(CO)(COC(=O)CCS)COC(=O)C(C)S. The molecule has 0 aliphatic carbocycles. The number of hydrogen-bond acceptors (Lipinski definition) is 7. The second-order valence-corrected chi connectivity index (χ2v) is 5.65. The zero-order chi connectivity index (χ0) is 14.9. The van der Waals surface area contributed by atoms with E-state index in [2.05, 4.69) is 25.3 Å². The fourth-order valence-corrected chi connectivity index (χ4v) is 1.45. The molecule has 112 valence electrons. The van der Waals surface area contributed by atoms with Crippen molar-refractivity contribution >= 4 is 37.2 Å². The monoisotopic (exact) mass is 310 g/mol. The number of ether oxygens (including phenoxy) is 2. The van der Waals surface area contributed by atoms with Gasteiger partial charge in [0.25, 0.3) is 0 Å². The smallest absolute Gasteiger partial charge is 0.318 e. The van der Waals surface area contributed by atoms with Crippen LogP contribution in [0.25, 0.3) is 0 Å². The number of rotatable bonds is 9. The molecule has 0 aromatic carbocycles. The van der Waals surface area contributed by atoms with Crippen molar-refractivity contribution in [1.82, 2.24) is 0 Å². The zero-order valence-corrected chi connectivity index (χ0v) is 13.1. The van der Waals surface area contributed by atoms with Crippen molar-refractivity contribution in [1.29, 1.82) is 0 Å². The fraction of sp³-hybridized carbons (Fsp3) is 0.833. The molecule has 0 aromatic rings. The van der Waals surface area contributed by atoms with Gasteiger partial charge in [0.2, 0.25) is 0 Å². The molecule has 19 heavy (non-hydrogen) atoms. The molecule has 0 rings (SSSR count). The maximum Gasteiger partial charge on any atom is 0.318 e. The van der Waals surface area contributed by atoms with Crippen molar-refractivity contribution in [3.05, 3.63) is 0 Å². The Morgan fingerprint density at radius 3 is 2.32 bits per heavy atom. The van der Waals surface area contributed by atoms with Crippen LogP contribution >= 0.6 is 25.3 Å². The van der Waals surface area contributed by atoms with E-state index >= 15 is 0 Å². The number of esters is 2. The summed E-state index contributed by atoms with van der Waals surface area (Å²) in [6.07, 6.45) is 0.730. The van der Waals surface area contributed by atoms with Crippen molar-refractivity contribution in [2.24, 2.45) is 5.41 Å². The largest absolute Gasteiger partial charge is 0.465 e. The standard InChI is InChI=1S/C12H22O5S2/c1-3-12(6-13,7-16-10(14)4-5-18)8-17-11(15)9(2)19/h9,13,18-19H,3-8H2,1-2H3. The topological polar surface area (TPSA) is 72.8 Å². The van der Waals surface area contributed by atoms with Crippen molar-refractivity contribution in [3.8, 4) is 0 Å². The molecule has 5 nitrogen and oxygen atoms in total. The Hall–Kier alpha value is -0.400. The molecule has 7 heteroatoms. The van der Waals surface area contributed by atoms with Crippen molar-refractivity contribution in [3.63, 3.8) is 0 Å². The molecular formula is C12H22O5S2. The van der Waals surface area contributed by atoms with Gasteiger partial charge in [-0.3, -0.25) is 9.59 Å². The van der Waals surface area contributed by atoms with Crippen LogP contribution in [-0.4, -0.2) is 47.9 Å². The van der Waals surface area contributed by atoms with Gasteiger partial charge in [0.1, 0.15) is 13.2 Å². The molecule has 0 saturated carbocycles. The van der Waals surface area contributed by atoms with E-state index < -0.39 is 16.6 Å². The number of aliphatic hydroxyl groups excluding tert-OH is 1. The molecule has 0 heterocycles. The van der Waals surface area contributed by atoms with Gasteiger partial charge in [-0.2, -0.15) is 25.3 Å². The minimum absolute atomic E-state index is 0.00209. The number of carbonyl (C=O) groups is 2. The summed E-state index contributed by atoms with van der Waals surface area (Å²) >= 11 is 7.90. The molecule has 0 spiro atoms. The molecule has 0 fully saturated rings. The summed E-state index contributed by atoms with van der Waals surface area (Å²) in [4.78, 5) is 22.7. The van der Waals surface area contributed by atoms with Gasteiger partial charge in [0.05, 0.1) is 23.7 Å². The van der Waals surface area contributed by atoms with Gasteiger partial charge in [-0.05, 0) is 13.3 Å². The van der Waals surface area contributed by atoms with Crippen LogP contribution in [0.2, 0.25) is 0 Å². The summed E-state index contributed by atoms with van der Waals surface area (Å²) in [5.41, 5.74) is -0.759. The predicted molar refractivity (Wildman–Crippen MR) is 78.6 cm³/mol. The van der Waals surface area contributed by atoms with E-state index in [4.69, 9.17) is 9.47 Å². The van der Waals surface area contributed by atoms with Gasteiger partial charge in [-0.15, -0.1) is 0 Å². The van der Waals surface area contributed by atoms with Gasteiger partial charge >= 0.3 is 11.9 Å². The van der Waals surface area contributed by atoms with Crippen LogP contribution in [0.1, 0.15) is 26.7 Å². The molecule has 2 unspecified atom stereocenters. The quantitative estimate of drug-likeness (QED) is 0.439. The lowest BCUT2D eigenvalue weighted by molar-refractivity contribution is -0.155. The average molecular weight is 310 g/mol. The molecule has 0 aliphatic rings. The molecule has 0 aromatic heterocycles. The van der Waals surface area contributed by atoms with Gasteiger partial charge in [-0.25, -0.2) is 0 Å². The first-order valence-electron chi connectivity index (χ1n) is 6.13. The average Bonchev–Trinajstić information content (AvgIpc) is 2.39. The fourth-order valence-electron chi connectivity index (χ4n) is 1.19. The van der Waals surface area contributed by atoms with Crippen molar-refractivity contribution < 1.29 is 24.2 Å². The van der Waals surface area contributed by atoms with E-state index in [9.17, 15) is 14.7 Å². The Kier molecular flexibility index (Phi) is 9.30. The highest BCUT2D eigenvalue weighted by atomic mass is 32.1. The highest BCUT2D eigenvalue weighted by Gasteiger charge is 2.31. The lowest BCUT2D eigenvalue weighted by Gasteiger charge is -2.29. The lowest BCUT2D eigenvalue weighted by Crippen LogP contribution is -2.38. The Bertz CT molecular complexity index is 290. The van der Waals surface area contributed by atoms with Crippen LogP contribution in [-0.2, 0) is 19.1 Å². The highest BCUT2D eigenvalue weighted by molar-refractivity contribution is 7.81. The minimum atomic E-state index is -0.759. The van der Waals surface area contributed by atoms with Gasteiger partial charge in [0.15, 0.2) is 0 Å². The maximum absolute atomic E-state index is 11.4. The summed E-state index contributed by atoms with van der Waals surface area (Å²) in [5, 5.41) is 8.93. The Morgan fingerprint density at radius 2 is 1.89 bits per heavy atom. The normalized spacial score (nSPS) is 15.4. The lowest BCUT2D eigenvalue weighted by atomic mass is 9.88. The highest BCUT2D eigenvalue weighted by Crippen LogP contribution is 2.23. The van der Waals surface area contributed by atoms with Crippen molar-refractivity contribution in [2.45, 2.75) is 31.9 Å². The van der Waals surface area contributed by atoms with E-state index in [1.54, 1.807) is 6.92 Å². The second kappa shape index (κ2) is 9.50. The number of thiol groups is 2. The molecule has 2 atom stereocenters. The van der Waals surface area contributed by atoms with Crippen LogP contribution in [0.3, 0.4) is 0 Å². The molecule has 0 aliphatic heterocycles. The predicted octanol–water partition coefficient (Wildman–Crippen LogP) is 1.10. The third-order valence-corrected chi connectivity index (χ3v) is 3.24. The summed E-state index contributed by atoms with van der Waals surface area (Å²) in [5.74, 6) is -0.435. The molecule has 0 amide bonds. The summed E-state index contributed by atoms with van der Waals surface area (Å²) in [7, 11) is 0. The molecular weight excluding hydrogens is 288 g/mol. The first kappa shape index (κ1) is 18.6. The minimum Gasteiger partial charge on any atom is -0.465 e. The third kappa shape index (κ3) is 7.08. The van der Waals surface area contributed by atoms with Gasteiger partial charge in [0, 0.05) is 5.75 Å².